The SMILES string of the molecule is Cc1nnc(SCC(=O)N2Cc3cnc(C(C)(C)C)nc3C2)o1. The Labute approximate surface area is 138 Å². The molecule has 2 aromatic heterocycles. The normalized spacial score (nSPS) is 14.2. The minimum atomic E-state index is -0.0991. The highest BCUT2D eigenvalue weighted by molar-refractivity contribution is 7.99. The second-order valence-corrected chi connectivity index (χ2v) is 7.47. The topological polar surface area (TPSA) is 85.0 Å². The molecule has 2 aromatic rings. The van der Waals surface area contributed by atoms with Crippen molar-refractivity contribution in [3.8, 4) is 0 Å². The van der Waals surface area contributed by atoms with Crippen LogP contribution in [0.25, 0.3) is 0 Å². The molecule has 0 saturated heterocycles. The molecule has 0 unspecified atom stereocenters. The minimum Gasteiger partial charge on any atom is -0.416 e. The number of carbonyl (C=O) groups excluding carboxylic acids is 1. The zero-order valence-electron chi connectivity index (χ0n) is 13.7. The van der Waals surface area contributed by atoms with E-state index in [-0.39, 0.29) is 17.1 Å². The average molecular weight is 333 g/mol. The first-order valence-corrected chi connectivity index (χ1v) is 8.37. The van der Waals surface area contributed by atoms with E-state index in [2.05, 4.69) is 40.9 Å². The molecule has 0 bridgehead atoms. The molecular weight excluding hydrogens is 314 g/mol. The number of fused-ring (bicyclic) bond motifs is 1. The zero-order valence-corrected chi connectivity index (χ0v) is 14.5. The molecule has 3 heterocycles. The molecule has 1 aliphatic heterocycles. The van der Waals surface area contributed by atoms with E-state index in [0.717, 1.165) is 17.1 Å². The first-order chi connectivity index (χ1) is 10.8. The number of aryl methyl sites for hydroxylation is 1. The van der Waals surface area contributed by atoms with Gasteiger partial charge in [0.25, 0.3) is 5.22 Å². The summed E-state index contributed by atoms with van der Waals surface area (Å²) >= 11 is 1.25. The number of rotatable bonds is 3. The molecule has 1 aliphatic rings. The van der Waals surface area contributed by atoms with Crippen molar-refractivity contribution in [2.45, 2.75) is 51.4 Å². The fourth-order valence-electron chi connectivity index (χ4n) is 2.24. The number of amides is 1. The Kier molecular flexibility index (Phi) is 4.09. The van der Waals surface area contributed by atoms with E-state index in [1.807, 2.05) is 6.20 Å². The number of carbonyl (C=O) groups is 1. The molecule has 0 fully saturated rings. The number of nitrogens with zero attached hydrogens (tertiary/aromatic N) is 5. The molecule has 0 N–H and O–H groups in total. The first-order valence-electron chi connectivity index (χ1n) is 7.39. The third kappa shape index (κ3) is 3.52. The highest BCUT2D eigenvalue weighted by atomic mass is 32.2. The molecule has 1 amide bonds. The molecule has 7 nitrogen and oxygen atoms in total. The maximum absolute atomic E-state index is 12.3. The molecule has 0 radical (unpaired) electrons. The quantitative estimate of drug-likeness (QED) is 0.795. The van der Waals surface area contributed by atoms with E-state index in [4.69, 9.17) is 4.42 Å². The van der Waals surface area contributed by atoms with Crippen LogP contribution in [0.4, 0.5) is 0 Å². The Bertz CT molecular complexity index is 738. The largest absolute Gasteiger partial charge is 0.416 e. The molecule has 3 rings (SSSR count). The molecule has 122 valence electrons. The summed E-state index contributed by atoms with van der Waals surface area (Å²) in [5.41, 5.74) is 1.86. The monoisotopic (exact) mass is 333 g/mol. The molecule has 8 heteroatoms. The van der Waals surface area contributed by atoms with Gasteiger partial charge in [0, 0.05) is 30.6 Å². The van der Waals surface area contributed by atoms with Crippen molar-refractivity contribution in [3.63, 3.8) is 0 Å². The van der Waals surface area contributed by atoms with Crippen LogP contribution in [0.15, 0.2) is 15.8 Å². The van der Waals surface area contributed by atoms with Gasteiger partial charge in [-0.3, -0.25) is 4.79 Å². The summed E-state index contributed by atoms with van der Waals surface area (Å²) in [5.74, 6) is 1.61. The summed E-state index contributed by atoms with van der Waals surface area (Å²) in [6, 6.07) is 0. The fraction of sp³-hybridized carbons (Fsp3) is 0.533. The van der Waals surface area contributed by atoms with Crippen molar-refractivity contribution in [2.24, 2.45) is 0 Å². The molecule has 0 aromatic carbocycles. The van der Waals surface area contributed by atoms with Crippen LogP contribution in [0, 0.1) is 6.92 Å². The summed E-state index contributed by atoms with van der Waals surface area (Å²) < 4.78 is 5.26. The second kappa shape index (κ2) is 5.92. The van der Waals surface area contributed by atoms with Crippen molar-refractivity contribution < 1.29 is 9.21 Å². The van der Waals surface area contributed by atoms with Crippen LogP contribution in [-0.2, 0) is 23.3 Å². The molecule has 0 atom stereocenters. The lowest BCUT2D eigenvalue weighted by Gasteiger charge is -2.16. The van der Waals surface area contributed by atoms with Crippen LogP contribution in [0.5, 0.6) is 0 Å². The van der Waals surface area contributed by atoms with Crippen LogP contribution in [0.2, 0.25) is 0 Å². The van der Waals surface area contributed by atoms with Crippen molar-refractivity contribution in [1.82, 2.24) is 25.1 Å². The van der Waals surface area contributed by atoms with Gasteiger partial charge in [-0.2, -0.15) is 0 Å². The molecule has 23 heavy (non-hydrogen) atoms. The van der Waals surface area contributed by atoms with Gasteiger partial charge in [0.05, 0.1) is 18.0 Å². The van der Waals surface area contributed by atoms with Gasteiger partial charge in [0.2, 0.25) is 11.8 Å². The summed E-state index contributed by atoms with van der Waals surface area (Å²) in [6.07, 6.45) is 1.84. The molecule has 0 saturated carbocycles. The zero-order chi connectivity index (χ0) is 16.6. The van der Waals surface area contributed by atoms with E-state index >= 15 is 0 Å². The van der Waals surface area contributed by atoms with Gasteiger partial charge in [0.15, 0.2) is 0 Å². The first kappa shape index (κ1) is 15.9. The third-order valence-corrected chi connectivity index (χ3v) is 4.31. The highest BCUT2D eigenvalue weighted by Gasteiger charge is 2.27. The van der Waals surface area contributed by atoms with Gasteiger partial charge >= 0.3 is 0 Å². The van der Waals surface area contributed by atoms with Crippen molar-refractivity contribution in [2.75, 3.05) is 5.75 Å². The van der Waals surface area contributed by atoms with E-state index in [1.165, 1.54) is 11.8 Å². The van der Waals surface area contributed by atoms with Crippen LogP contribution in [0.1, 0.15) is 43.7 Å². The van der Waals surface area contributed by atoms with Crippen LogP contribution < -0.4 is 0 Å². The van der Waals surface area contributed by atoms with Gasteiger partial charge in [-0.25, -0.2) is 9.97 Å². The Morgan fingerprint density at radius 1 is 1.35 bits per heavy atom. The molecule has 0 aliphatic carbocycles. The Balaban J connectivity index is 1.63. The lowest BCUT2D eigenvalue weighted by atomic mass is 9.95. The lowest BCUT2D eigenvalue weighted by molar-refractivity contribution is -0.128. The molecular formula is C15H19N5O2S. The fourth-order valence-corrected chi connectivity index (χ4v) is 2.95. The standard InChI is InChI=1S/C15H19N5O2S/c1-9-18-19-14(22-9)23-8-12(21)20-6-10-5-16-13(15(2,3)4)17-11(10)7-20/h5H,6-8H2,1-4H3. The average Bonchev–Trinajstić information content (AvgIpc) is 3.08. The maximum atomic E-state index is 12.3. The predicted molar refractivity (Wildman–Crippen MR) is 84.7 cm³/mol. The van der Waals surface area contributed by atoms with E-state index in [9.17, 15) is 4.79 Å². The Hall–Kier alpha value is -1.96. The third-order valence-electron chi connectivity index (χ3n) is 3.51. The number of hydrogen-bond acceptors (Lipinski definition) is 7. The molecule has 0 spiro atoms. The highest BCUT2D eigenvalue weighted by Crippen LogP contribution is 2.25. The van der Waals surface area contributed by atoms with Crippen molar-refractivity contribution in [3.05, 3.63) is 29.2 Å². The summed E-state index contributed by atoms with van der Waals surface area (Å²) in [7, 11) is 0. The summed E-state index contributed by atoms with van der Waals surface area (Å²) in [4.78, 5) is 23.2. The van der Waals surface area contributed by atoms with E-state index in [1.54, 1.807) is 11.8 Å². The van der Waals surface area contributed by atoms with Gasteiger partial charge < -0.3 is 9.32 Å². The van der Waals surface area contributed by atoms with E-state index in [0.29, 0.717) is 24.2 Å². The smallest absolute Gasteiger partial charge is 0.277 e. The van der Waals surface area contributed by atoms with Gasteiger partial charge in [-0.1, -0.05) is 32.5 Å². The number of hydrogen-bond donors (Lipinski definition) is 0. The summed E-state index contributed by atoms with van der Waals surface area (Å²) in [6.45, 7) is 9.05. The maximum Gasteiger partial charge on any atom is 0.277 e. The Morgan fingerprint density at radius 3 is 2.78 bits per heavy atom. The van der Waals surface area contributed by atoms with Crippen molar-refractivity contribution in [1.29, 1.82) is 0 Å². The van der Waals surface area contributed by atoms with E-state index < -0.39 is 0 Å². The van der Waals surface area contributed by atoms with Crippen LogP contribution >= 0.6 is 11.8 Å². The minimum absolute atomic E-state index is 0.0289. The van der Waals surface area contributed by atoms with Crippen LogP contribution in [-0.4, -0.2) is 36.7 Å². The van der Waals surface area contributed by atoms with Gasteiger partial charge in [0.1, 0.15) is 5.82 Å². The lowest BCUT2D eigenvalue weighted by Crippen LogP contribution is -2.27. The van der Waals surface area contributed by atoms with Crippen LogP contribution in [0.3, 0.4) is 0 Å². The van der Waals surface area contributed by atoms with Crippen molar-refractivity contribution >= 4 is 17.7 Å². The number of thioether (sulfide) groups is 1. The Morgan fingerprint density at radius 2 is 2.13 bits per heavy atom. The van der Waals surface area contributed by atoms with Gasteiger partial charge in [-0.15, -0.1) is 10.2 Å². The predicted octanol–water partition coefficient (Wildman–Crippen LogP) is 2.10. The summed E-state index contributed by atoms with van der Waals surface area (Å²) in [5, 5.41) is 8.04. The second-order valence-electron chi connectivity index (χ2n) is 6.54. The van der Waals surface area contributed by atoms with Gasteiger partial charge in [-0.05, 0) is 0 Å². The number of aromatic nitrogens is 4.